The van der Waals surface area contributed by atoms with Gasteiger partial charge in [-0.05, 0) is 44.0 Å². The molecule has 2 aromatic rings. The maximum absolute atomic E-state index is 12.6. The first-order valence-electron chi connectivity index (χ1n) is 7.78. The van der Waals surface area contributed by atoms with Crippen LogP contribution in [0.2, 0.25) is 0 Å². The van der Waals surface area contributed by atoms with Gasteiger partial charge in [0, 0.05) is 16.6 Å². The first kappa shape index (κ1) is 16.8. The Morgan fingerprint density at radius 3 is 2.50 bits per heavy atom. The van der Waals surface area contributed by atoms with Crippen molar-refractivity contribution in [1.29, 1.82) is 0 Å². The third-order valence-electron chi connectivity index (χ3n) is 4.18. The normalized spacial score (nSPS) is 16.3. The van der Waals surface area contributed by atoms with Gasteiger partial charge in [0.25, 0.3) is 5.91 Å². The molecule has 0 saturated heterocycles. The minimum Gasteiger partial charge on any atom is -0.435 e. The Hall–Kier alpha value is -2.02. The molecule has 1 aromatic carbocycles. The fourth-order valence-corrected chi connectivity index (χ4v) is 4.03. The van der Waals surface area contributed by atoms with Crippen molar-refractivity contribution < 1.29 is 18.3 Å². The van der Waals surface area contributed by atoms with Crippen molar-refractivity contribution in [3.05, 3.63) is 45.9 Å². The molecule has 0 radical (unpaired) electrons. The number of aryl methyl sites for hydroxylation is 1. The first-order valence-corrected chi connectivity index (χ1v) is 8.66. The van der Waals surface area contributed by atoms with E-state index in [0.717, 1.165) is 36.4 Å². The van der Waals surface area contributed by atoms with Crippen molar-refractivity contribution in [2.45, 2.75) is 44.8 Å². The maximum Gasteiger partial charge on any atom is 0.387 e. The average Bonchev–Trinajstić information content (AvgIpc) is 3.17. The van der Waals surface area contributed by atoms with Crippen molar-refractivity contribution in [3.8, 4) is 5.75 Å². The number of alkyl halides is 2. The van der Waals surface area contributed by atoms with E-state index in [1.807, 2.05) is 12.3 Å². The van der Waals surface area contributed by atoms with Crippen molar-refractivity contribution >= 4 is 17.2 Å². The molecule has 4 nitrogen and oxygen atoms in total. The number of halogens is 2. The van der Waals surface area contributed by atoms with Crippen molar-refractivity contribution in [1.82, 2.24) is 10.3 Å². The van der Waals surface area contributed by atoms with Gasteiger partial charge >= 0.3 is 6.61 Å². The summed E-state index contributed by atoms with van der Waals surface area (Å²) < 4.78 is 28.7. The molecular weight excluding hydrogens is 334 g/mol. The second kappa shape index (κ2) is 6.84. The van der Waals surface area contributed by atoms with Gasteiger partial charge in [-0.2, -0.15) is 8.78 Å². The van der Waals surface area contributed by atoms with Gasteiger partial charge in [-0.25, -0.2) is 4.98 Å². The third-order valence-corrected chi connectivity index (χ3v) is 5.34. The molecule has 0 atom stereocenters. The predicted octanol–water partition coefficient (Wildman–Crippen LogP) is 4.25. The molecule has 1 amide bonds. The highest BCUT2D eigenvalue weighted by molar-refractivity contribution is 7.09. The van der Waals surface area contributed by atoms with Gasteiger partial charge in [0.1, 0.15) is 10.8 Å². The highest BCUT2D eigenvalue weighted by Gasteiger charge is 2.39. The summed E-state index contributed by atoms with van der Waals surface area (Å²) in [5.41, 5.74) is 0.939. The van der Waals surface area contributed by atoms with E-state index in [0.29, 0.717) is 5.56 Å². The number of rotatable bonds is 5. The van der Waals surface area contributed by atoms with Crippen molar-refractivity contribution in [2.24, 2.45) is 0 Å². The minimum absolute atomic E-state index is 0.0349. The largest absolute Gasteiger partial charge is 0.435 e. The topological polar surface area (TPSA) is 51.2 Å². The standard InChI is InChI=1S/C17H18F2N2O2S/c1-11-10-24-15(20-11)17(8-2-3-9-17)21-14(22)12-4-6-13(7-5-12)23-16(18)19/h4-7,10,16H,2-3,8-9H2,1H3,(H,21,22). The second-order valence-corrected chi connectivity index (χ2v) is 6.80. The molecule has 128 valence electrons. The fraction of sp³-hybridized carbons (Fsp3) is 0.412. The SMILES string of the molecule is Cc1csc(C2(NC(=O)c3ccc(OC(F)F)cc3)CCCC2)n1. The number of carbonyl (C=O) groups excluding carboxylic acids is 1. The lowest BCUT2D eigenvalue weighted by molar-refractivity contribution is -0.0498. The summed E-state index contributed by atoms with van der Waals surface area (Å²) in [6.45, 7) is -0.939. The molecule has 0 spiro atoms. The number of carbonyl (C=O) groups is 1. The Labute approximate surface area is 142 Å². The number of ether oxygens (including phenoxy) is 1. The summed E-state index contributed by atoms with van der Waals surface area (Å²) in [5.74, 6) is -0.193. The van der Waals surface area contributed by atoms with Gasteiger partial charge in [-0.15, -0.1) is 11.3 Å². The summed E-state index contributed by atoms with van der Waals surface area (Å²) in [5, 5.41) is 6.04. The Morgan fingerprint density at radius 1 is 1.29 bits per heavy atom. The molecule has 0 bridgehead atoms. The van der Waals surface area contributed by atoms with Gasteiger partial charge in [0.05, 0.1) is 5.54 Å². The first-order chi connectivity index (χ1) is 11.5. The van der Waals surface area contributed by atoms with E-state index in [1.165, 1.54) is 24.3 Å². The molecule has 7 heteroatoms. The molecule has 1 aliphatic carbocycles. The number of nitrogens with zero attached hydrogens (tertiary/aromatic N) is 1. The van der Waals surface area contributed by atoms with Crippen molar-refractivity contribution in [3.63, 3.8) is 0 Å². The molecule has 1 saturated carbocycles. The third kappa shape index (κ3) is 3.56. The Morgan fingerprint density at radius 2 is 1.96 bits per heavy atom. The van der Waals surface area contributed by atoms with Gasteiger partial charge in [0.15, 0.2) is 0 Å². The monoisotopic (exact) mass is 352 g/mol. The van der Waals surface area contributed by atoms with Crippen molar-refractivity contribution in [2.75, 3.05) is 0 Å². The highest BCUT2D eigenvalue weighted by Crippen LogP contribution is 2.40. The van der Waals surface area contributed by atoms with Crippen LogP contribution in [0.3, 0.4) is 0 Å². The minimum atomic E-state index is -2.88. The fourth-order valence-electron chi connectivity index (χ4n) is 3.02. The van der Waals surface area contributed by atoms with Crippen LogP contribution in [-0.2, 0) is 5.54 Å². The summed E-state index contributed by atoms with van der Waals surface area (Å²) in [7, 11) is 0. The van der Waals surface area contributed by atoms with Crippen LogP contribution in [0.15, 0.2) is 29.6 Å². The van der Waals surface area contributed by atoms with Crippen LogP contribution in [0.5, 0.6) is 5.75 Å². The van der Waals surface area contributed by atoms with Crippen LogP contribution < -0.4 is 10.1 Å². The lowest BCUT2D eigenvalue weighted by Gasteiger charge is -2.28. The van der Waals surface area contributed by atoms with E-state index in [4.69, 9.17) is 0 Å². The van der Waals surface area contributed by atoms with E-state index >= 15 is 0 Å². The molecule has 1 aliphatic rings. The summed E-state index contributed by atoms with van der Waals surface area (Å²) in [6, 6.07) is 5.72. The molecule has 1 aromatic heterocycles. The highest BCUT2D eigenvalue weighted by atomic mass is 32.1. The maximum atomic E-state index is 12.6. The van der Waals surface area contributed by atoms with Crippen LogP contribution in [0.4, 0.5) is 8.78 Å². The number of aromatic nitrogens is 1. The van der Waals surface area contributed by atoms with Crippen LogP contribution >= 0.6 is 11.3 Å². The zero-order valence-corrected chi connectivity index (χ0v) is 14.0. The number of hydrogen-bond donors (Lipinski definition) is 1. The predicted molar refractivity (Wildman–Crippen MR) is 87.5 cm³/mol. The Bertz CT molecular complexity index is 710. The zero-order chi connectivity index (χ0) is 17.2. The molecule has 1 fully saturated rings. The number of benzene rings is 1. The molecule has 1 N–H and O–H groups in total. The number of nitrogens with one attached hydrogen (secondary N) is 1. The van der Waals surface area contributed by atoms with E-state index in [1.54, 1.807) is 11.3 Å². The Balaban J connectivity index is 1.77. The quantitative estimate of drug-likeness (QED) is 0.875. The molecule has 0 aliphatic heterocycles. The smallest absolute Gasteiger partial charge is 0.387 e. The molecule has 24 heavy (non-hydrogen) atoms. The van der Waals surface area contributed by atoms with Crippen LogP contribution in [0.1, 0.15) is 46.7 Å². The summed E-state index contributed by atoms with van der Waals surface area (Å²) in [6.07, 6.45) is 3.80. The molecule has 0 unspecified atom stereocenters. The number of thiazole rings is 1. The number of hydrogen-bond acceptors (Lipinski definition) is 4. The van der Waals surface area contributed by atoms with Gasteiger partial charge in [-0.3, -0.25) is 4.79 Å². The van der Waals surface area contributed by atoms with Crippen LogP contribution in [0, 0.1) is 6.92 Å². The van der Waals surface area contributed by atoms with E-state index in [2.05, 4.69) is 15.0 Å². The summed E-state index contributed by atoms with van der Waals surface area (Å²) >= 11 is 1.56. The summed E-state index contributed by atoms with van der Waals surface area (Å²) in [4.78, 5) is 17.2. The lowest BCUT2D eigenvalue weighted by Crippen LogP contribution is -2.43. The van der Waals surface area contributed by atoms with Gasteiger partial charge in [0.2, 0.25) is 0 Å². The molecule has 3 rings (SSSR count). The van der Waals surface area contributed by atoms with Crippen LogP contribution in [-0.4, -0.2) is 17.5 Å². The Kier molecular flexibility index (Phi) is 4.80. The average molecular weight is 352 g/mol. The van der Waals surface area contributed by atoms with E-state index < -0.39 is 12.2 Å². The van der Waals surface area contributed by atoms with Crippen LogP contribution in [0.25, 0.3) is 0 Å². The van der Waals surface area contributed by atoms with Gasteiger partial charge < -0.3 is 10.1 Å². The zero-order valence-electron chi connectivity index (χ0n) is 13.2. The molecule has 1 heterocycles. The van der Waals surface area contributed by atoms with E-state index in [-0.39, 0.29) is 11.7 Å². The van der Waals surface area contributed by atoms with E-state index in [9.17, 15) is 13.6 Å². The lowest BCUT2D eigenvalue weighted by atomic mass is 9.97. The number of amides is 1. The van der Waals surface area contributed by atoms with Gasteiger partial charge in [-0.1, -0.05) is 12.8 Å². The molecular formula is C17H18F2N2O2S. The second-order valence-electron chi connectivity index (χ2n) is 5.94.